The van der Waals surface area contributed by atoms with Gasteiger partial charge in [-0.2, -0.15) is 8.42 Å². The van der Waals surface area contributed by atoms with Crippen molar-refractivity contribution in [1.82, 2.24) is 0 Å². The van der Waals surface area contributed by atoms with Crippen molar-refractivity contribution in [2.24, 2.45) is 0 Å². The van der Waals surface area contributed by atoms with E-state index in [0.717, 1.165) is 18.2 Å². The van der Waals surface area contributed by atoms with Gasteiger partial charge < -0.3 is 9.52 Å². The van der Waals surface area contributed by atoms with Gasteiger partial charge in [-0.05, 0) is 37.3 Å². The first kappa shape index (κ1) is 14.1. The zero-order valence-corrected chi connectivity index (χ0v) is 11.1. The number of benzene rings is 1. The maximum atomic E-state index is 13.0. The topological polar surface area (TPSA) is 96.6 Å². The second-order valence-electron chi connectivity index (χ2n) is 3.97. The molecule has 0 saturated heterocycles. The number of nitrogens with one attached hydrogen (secondary N) is 1. The number of furan rings is 1. The summed E-state index contributed by atoms with van der Waals surface area (Å²) in [6.45, 7) is 1.57. The Morgan fingerprint density at radius 2 is 2.00 bits per heavy atom. The zero-order valence-electron chi connectivity index (χ0n) is 10.3. The van der Waals surface area contributed by atoms with Crippen LogP contribution in [-0.2, 0) is 10.0 Å². The molecule has 2 rings (SSSR count). The molecule has 2 N–H and O–H groups in total. The highest BCUT2D eigenvalue weighted by Gasteiger charge is 2.21. The summed E-state index contributed by atoms with van der Waals surface area (Å²) in [7, 11) is -4.06. The smallest absolute Gasteiger partial charge is 0.337 e. The Hall–Kier alpha value is -2.35. The van der Waals surface area contributed by atoms with Gasteiger partial charge in [0, 0.05) is 0 Å². The van der Waals surface area contributed by atoms with Crippen LogP contribution in [-0.4, -0.2) is 19.5 Å². The first-order valence-electron chi connectivity index (χ1n) is 5.42. The third-order valence-electron chi connectivity index (χ3n) is 2.44. The molecule has 0 spiro atoms. The number of carboxylic acids is 1. The Bertz CT molecular complexity index is 766. The van der Waals surface area contributed by atoms with E-state index >= 15 is 0 Å². The molecule has 1 aromatic heterocycles. The second kappa shape index (κ2) is 4.97. The molecule has 2 aromatic rings. The normalized spacial score (nSPS) is 11.3. The third-order valence-corrected chi connectivity index (χ3v) is 3.67. The van der Waals surface area contributed by atoms with Crippen LogP contribution in [0.3, 0.4) is 0 Å². The molecule has 0 unspecified atom stereocenters. The molecule has 0 aliphatic carbocycles. The maximum absolute atomic E-state index is 13.0. The minimum Gasteiger partial charge on any atom is -0.478 e. The van der Waals surface area contributed by atoms with Gasteiger partial charge in [0.2, 0.25) is 5.09 Å². The molecule has 1 aromatic carbocycles. The molecular weight excluding hydrogens is 289 g/mol. The molecule has 0 atom stereocenters. The summed E-state index contributed by atoms with van der Waals surface area (Å²) in [5, 5.41) is 8.59. The van der Waals surface area contributed by atoms with E-state index in [1.165, 1.54) is 12.1 Å². The molecular formula is C12H10FNO5S. The third kappa shape index (κ3) is 2.80. The quantitative estimate of drug-likeness (QED) is 0.902. The average molecular weight is 299 g/mol. The van der Waals surface area contributed by atoms with E-state index in [2.05, 4.69) is 4.72 Å². The first-order chi connectivity index (χ1) is 9.29. The molecule has 0 fully saturated rings. The van der Waals surface area contributed by atoms with Crippen LogP contribution in [0, 0.1) is 12.7 Å². The molecule has 0 amide bonds. The van der Waals surface area contributed by atoms with Crippen LogP contribution in [0.5, 0.6) is 0 Å². The Balaban J connectivity index is 2.42. The summed E-state index contributed by atoms with van der Waals surface area (Å²) < 4.78 is 44.0. The number of carboxylic acid groups (broad SMARTS) is 1. The lowest BCUT2D eigenvalue weighted by Crippen LogP contribution is -2.15. The van der Waals surface area contributed by atoms with Crippen molar-refractivity contribution >= 4 is 21.7 Å². The number of aryl methyl sites for hydroxylation is 1. The number of sulfonamides is 1. The highest BCUT2D eigenvalue weighted by atomic mass is 32.2. The molecule has 106 valence electrons. The van der Waals surface area contributed by atoms with Gasteiger partial charge in [0.1, 0.15) is 11.6 Å². The molecule has 1 heterocycles. The fourth-order valence-electron chi connectivity index (χ4n) is 1.53. The number of carbonyl (C=O) groups is 1. The zero-order chi connectivity index (χ0) is 14.9. The molecule has 0 aliphatic heterocycles. The van der Waals surface area contributed by atoms with Gasteiger partial charge in [-0.1, -0.05) is 0 Å². The molecule has 0 radical (unpaired) electrons. The fraction of sp³-hybridized carbons (Fsp3) is 0.0833. The minimum absolute atomic E-state index is 0.243. The summed E-state index contributed by atoms with van der Waals surface area (Å²) in [6.07, 6.45) is 0. The van der Waals surface area contributed by atoms with Crippen LogP contribution in [0.4, 0.5) is 10.1 Å². The number of rotatable bonds is 4. The molecule has 8 heteroatoms. The maximum Gasteiger partial charge on any atom is 0.337 e. The van der Waals surface area contributed by atoms with Crippen LogP contribution < -0.4 is 4.72 Å². The molecule has 0 aliphatic rings. The predicted octanol–water partition coefficient (Wildman–Crippen LogP) is 2.23. The average Bonchev–Trinajstić information content (AvgIpc) is 2.78. The summed E-state index contributed by atoms with van der Waals surface area (Å²) in [5.41, 5.74) is -0.732. The van der Waals surface area contributed by atoms with Crippen molar-refractivity contribution < 1.29 is 27.1 Å². The van der Waals surface area contributed by atoms with E-state index in [-0.39, 0.29) is 10.8 Å². The summed E-state index contributed by atoms with van der Waals surface area (Å²) >= 11 is 0. The summed E-state index contributed by atoms with van der Waals surface area (Å²) in [4.78, 5) is 11.0. The van der Waals surface area contributed by atoms with Crippen molar-refractivity contribution in [3.63, 3.8) is 0 Å². The minimum atomic E-state index is -4.06. The summed E-state index contributed by atoms with van der Waals surface area (Å²) in [6, 6.07) is 5.41. The Labute approximate surface area is 113 Å². The predicted molar refractivity (Wildman–Crippen MR) is 67.6 cm³/mol. The number of halogens is 1. The Morgan fingerprint density at radius 3 is 2.55 bits per heavy atom. The van der Waals surface area contributed by atoms with Crippen LogP contribution in [0.1, 0.15) is 16.1 Å². The van der Waals surface area contributed by atoms with Crippen molar-refractivity contribution in [2.75, 3.05) is 4.72 Å². The van der Waals surface area contributed by atoms with Crippen LogP contribution >= 0.6 is 0 Å². The lowest BCUT2D eigenvalue weighted by atomic mass is 10.2. The van der Waals surface area contributed by atoms with E-state index in [1.54, 1.807) is 6.92 Å². The van der Waals surface area contributed by atoms with Gasteiger partial charge >= 0.3 is 5.97 Å². The number of aromatic carboxylic acids is 1. The van der Waals surface area contributed by atoms with Gasteiger partial charge in [0.25, 0.3) is 10.0 Å². The Kier molecular flexibility index (Phi) is 3.49. The van der Waals surface area contributed by atoms with E-state index < -0.39 is 27.4 Å². The highest BCUT2D eigenvalue weighted by Crippen LogP contribution is 2.22. The van der Waals surface area contributed by atoms with Gasteiger partial charge in [-0.25, -0.2) is 9.18 Å². The van der Waals surface area contributed by atoms with Gasteiger partial charge in [-0.3, -0.25) is 4.72 Å². The van der Waals surface area contributed by atoms with E-state index in [4.69, 9.17) is 9.52 Å². The van der Waals surface area contributed by atoms with Crippen LogP contribution in [0.2, 0.25) is 0 Å². The lowest BCUT2D eigenvalue weighted by Gasteiger charge is -2.08. The number of anilines is 1. The monoisotopic (exact) mass is 299 g/mol. The van der Waals surface area contributed by atoms with Gasteiger partial charge in [-0.15, -0.1) is 0 Å². The van der Waals surface area contributed by atoms with Gasteiger partial charge in [0.15, 0.2) is 0 Å². The molecule has 0 bridgehead atoms. The highest BCUT2D eigenvalue weighted by molar-refractivity contribution is 7.92. The Morgan fingerprint density at radius 1 is 1.30 bits per heavy atom. The molecule has 6 nitrogen and oxygen atoms in total. The standard InChI is InChI=1S/C12H10FNO5S/c1-7-2-5-11(19-7)20(17,18)14-10-4-3-8(13)6-9(10)12(15)16/h2-6,14H,1H3,(H,15,16). The van der Waals surface area contributed by atoms with Crippen molar-refractivity contribution in [3.8, 4) is 0 Å². The number of hydrogen-bond donors (Lipinski definition) is 2. The fourth-order valence-corrected chi connectivity index (χ4v) is 2.59. The van der Waals surface area contributed by atoms with Crippen LogP contribution in [0.25, 0.3) is 0 Å². The van der Waals surface area contributed by atoms with Gasteiger partial charge in [0.05, 0.1) is 11.3 Å². The van der Waals surface area contributed by atoms with E-state index in [0.29, 0.717) is 5.76 Å². The van der Waals surface area contributed by atoms with E-state index in [9.17, 15) is 17.6 Å². The van der Waals surface area contributed by atoms with E-state index in [1.807, 2.05) is 0 Å². The van der Waals surface area contributed by atoms with Crippen molar-refractivity contribution in [3.05, 3.63) is 47.5 Å². The number of hydrogen-bond acceptors (Lipinski definition) is 4. The first-order valence-corrected chi connectivity index (χ1v) is 6.90. The summed E-state index contributed by atoms with van der Waals surface area (Å²) in [5.74, 6) is -1.83. The molecule has 0 saturated carbocycles. The lowest BCUT2D eigenvalue weighted by molar-refractivity contribution is 0.0697. The largest absolute Gasteiger partial charge is 0.478 e. The second-order valence-corrected chi connectivity index (χ2v) is 5.58. The van der Waals surface area contributed by atoms with Crippen LogP contribution in [0.15, 0.2) is 39.8 Å². The molecule has 20 heavy (non-hydrogen) atoms. The SMILES string of the molecule is Cc1ccc(S(=O)(=O)Nc2ccc(F)cc2C(=O)O)o1. The van der Waals surface area contributed by atoms with Crippen molar-refractivity contribution in [2.45, 2.75) is 12.0 Å². The van der Waals surface area contributed by atoms with Crippen molar-refractivity contribution in [1.29, 1.82) is 0 Å².